The van der Waals surface area contributed by atoms with E-state index in [4.69, 9.17) is 0 Å². The first-order chi connectivity index (χ1) is 13.4. The lowest BCUT2D eigenvalue weighted by atomic mass is 10.0. The summed E-state index contributed by atoms with van der Waals surface area (Å²) >= 11 is 3.60. The Hall–Kier alpha value is -2.10. The monoisotopic (exact) mass is 445 g/mol. The fourth-order valence-electron chi connectivity index (χ4n) is 5.06. The number of pyridine rings is 1. The lowest BCUT2D eigenvalue weighted by Crippen LogP contribution is -2.44. The summed E-state index contributed by atoms with van der Waals surface area (Å²) in [4.78, 5) is 3.51. The van der Waals surface area contributed by atoms with Crippen molar-refractivity contribution in [1.82, 2.24) is 4.98 Å². The molecule has 3 aromatic carbocycles. The van der Waals surface area contributed by atoms with Gasteiger partial charge in [0.25, 0.3) is 0 Å². The number of fused-ring (bicyclic) bond motifs is 3. The third-order valence-electron chi connectivity index (χ3n) is 6.55. The summed E-state index contributed by atoms with van der Waals surface area (Å²) in [6, 6.07) is 18.0. The van der Waals surface area contributed by atoms with Crippen LogP contribution in [0.5, 0.6) is 0 Å². The second-order valence-corrected chi connectivity index (χ2v) is 13.8. The molecule has 1 aromatic heterocycles. The predicted octanol–water partition coefficient (Wildman–Crippen LogP) is 6.79. The summed E-state index contributed by atoms with van der Waals surface area (Å²) in [5.74, 6) is 0. The summed E-state index contributed by atoms with van der Waals surface area (Å²) < 4.78 is 1.02. The Morgan fingerprint density at radius 3 is 2.50 bits per heavy atom. The molecule has 0 saturated carbocycles. The summed E-state index contributed by atoms with van der Waals surface area (Å²) in [5.41, 5.74) is 6.91. The number of aryl methyl sites for hydroxylation is 2. The van der Waals surface area contributed by atoms with Crippen molar-refractivity contribution in [2.24, 2.45) is 0 Å². The number of rotatable bonds is 2. The van der Waals surface area contributed by atoms with E-state index in [0.717, 1.165) is 11.0 Å². The van der Waals surface area contributed by atoms with Crippen LogP contribution in [-0.2, 0) is 6.42 Å². The molecule has 3 heteroatoms. The molecular weight excluding hydrogens is 422 g/mol. The van der Waals surface area contributed by atoms with Crippen LogP contribution in [0.1, 0.15) is 22.3 Å². The first kappa shape index (κ1) is 18.0. The van der Waals surface area contributed by atoms with Gasteiger partial charge in [0, 0.05) is 10.9 Å². The van der Waals surface area contributed by atoms with Crippen LogP contribution in [0, 0.1) is 13.8 Å². The molecule has 0 aliphatic heterocycles. The van der Waals surface area contributed by atoms with E-state index in [-0.39, 0.29) is 0 Å². The van der Waals surface area contributed by atoms with Crippen molar-refractivity contribution in [2.45, 2.75) is 33.4 Å². The van der Waals surface area contributed by atoms with E-state index >= 15 is 0 Å². The molecule has 5 rings (SSSR count). The van der Waals surface area contributed by atoms with Crippen LogP contribution in [0.25, 0.3) is 27.8 Å². The molecule has 1 aliphatic carbocycles. The van der Waals surface area contributed by atoms with Gasteiger partial charge in [0.1, 0.15) is 8.07 Å². The third-order valence-corrected chi connectivity index (χ3v) is 10.8. The number of aromatic amines is 1. The zero-order valence-electron chi connectivity index (χ0n) is 16.8. The molecule has 0 radical (unpaired) electrons. The lowest BCUT2D eigenvalue weighted by Gasteiger charge is -2.26. The second kappa shape index (κ2) is 6.20. The maximum atomic E-state index is 3.60. The van der Waals surface area contributed by atoms with Gasteiger partial charge >= 0.3 is 0 Å². The zero-order chi connectivity index (χ0) is 19.6. The van der Waals surface area contributed by atoms with Gasteiger partial charge in [-0.15, -0.1) is 0 Å². The van der Waals surface area contributed by atoms with Gasteiger partial charge in [0.05, 0.1) is 4.60 Å². The minimum absolute atomic E-state index is 1.02. The van der Waals surface area contributed by atoms with Crippen LogP contribution in [0.3, 0.4) is 0 Å². The highest BCUT2D eigenvalue weighted by atomic mass is 79.9. The Bertz CT molecular complexity index is 1290. The van der Waals surface area contributed by atoms with Crippen LogP contribution in [0.15, 0.2) is 58.3 Å². The molecule has 0 fully saturated rings. The first-order valence-electron chi connectivity index (χ1n) is 9.87. The topological polar surface area (TPSA) is 15.8 Å². The molecular formula is C25H24BrNSi. The molecule has 0 bridgehead atoms. The van der Waals surface area contributed by atoms with Crippen molar-refractivity contribution in [2.75, 3.05) is 0 Å². The number of hydrogen-bond donors (Lipinski definition) is 1. The highest BCUT2D eigenvalue weighted by Gasteiger charge is 2.34. The molecule has 0 unspecified atom stereocenters. The molecule has 0 spiro atoms. The van der Waals surface area contributed by atoms with E-state index in [1.165, 1.54) is 43.9 Å². The van der Waals surface area contributed by atoms with Gasteiger partial charge < -0.3 is 4.98 Å². The van der Waals surface area contributed by atoms with Crippen molar-refractivity contribution in [3.05, 3.63) is 80.6 Å². The Kier molecular flexibility index (Phi) is 3.98. The van der Waals surface area contributed by atoms with Crippen molar-refractivity contribution in [3.8, 4) is 0 Å². The molecule has 28 heavy (non-hydrogen) atoms. The molecule has 1 aliphatic rings. The largest absolute Gasteiger partial charge is 0.349 e. The Balaban J connectivity index is 1.75. The number of halogens is 1. The summed E-state index contributed by atoms with van der Waals surface area (Å²) in [6.07, 6.45) is 3.57. The molecule has 140 valence electrons. The number of H-pyrrole nitrogens is 1. The van der Waals surface area contributed by atoms with Crippen LogP contribution < -0.4 is 5.19 Å². The third kappa shape index (κ3) is 2.56. The van der Waals surface area contributed by atoms with E-state index in [2.05, 4.69) is 102 Å². The molecule has 4 aromatic rings. The molecule has 0 saturated heterocycles. The van der Waals surface area contributed by atoms with Crippen LogP contribution in [0.2, 0.25) is 13.1 Å². The second-order valence-electron chi connectivity index (χ2n) is 8.60. The van der Waals surface area contributed by atoms with Crippen molar-refractivity contribution in [3.63, 3.8) is 0 Å². The highest BCUT2D eigenvalue weighted by Crippen LogP contribution is 2.35. The van der Waals surface area contributed by atoms with Crippen molar-refractivity contribution >= 4 is 56.9 Å². The van der Waals surface area contributed by atoms with Gasteiger partial charge in [0.2, 0.25) is 0 Å². The van der Waals surface area contributed by atoms with Crippen molar-refractivity contribution < 1.29 is 0 Å². The quantitative estimate of drug-likeness (QED) is 0.258. The summed E-state index contributed by atoms with van der Waals surface area (Å²) in [7, 11) is -1.79. The molecule has 1 nitrogen and oxygen atoms in total. The van der Waals surface area contributed by atoms with Crippen LogP contribution in [-0.4, -0.2) is 13.1 Å². The van der Waals surface area contributed by atoms with E-state index in [9.17, 15) is 0 Å². The van der Waals surface area contributed by atoms with Gasteiger partial charge in [0.15, 0.2) is 0 Å². The molecule has 0 amide bonds. The number of aromatic nitrogens is 1. The van der Waals surface area contributed by atoms with E-state index in [1.807, 2.05) is 0 Å². The van der Waals surface area contributed by atoms with Gasteiger partial charge in [-0.1, -0.05) is 60.3 Å². The van der Waals surface area contributed by atoms with Crippen LogP contribution in [0.4, 0.5) is 0 Å². The Labute approximate surface area is 175 Å². The number of nitrogens with one attached hydrogen (secondary N) is 1. The number of allylic oxidation sites excluding steroid dienone is 1. The standard InChI is InChI=1S/C25H24BrNSi/c1-15-11-21-16(2)20-9-10-24(26)27-23(20)14-22(21)25(15)28(3,4)19-12-17-7-5-6-8-18(17)13-19/h5-12,14,27H,13H2,1-4H3. The maximum Gasteiger partial charge on any atom is 0.109 e. The molecule has 0 atom stereocenters. The van der Waals surface area contributed by atoms with E-state index in [1.54, 1.807) is 10.4 Å². The normalized spacial score (nSPS) is 14.0. The van der Waals surface area contributed by atoms with Gasteiger partial charge in [-0.25, -0.2) is 0 Å². The zero-order valence-corrected chi connectivity index (χ0v) is 19.4. The summed E-state index contributed by atoms with van der Waals surface area (Å²) in [6.45, 7) is 9.61. The Morgan fingerprint density at radius 2 is 1.71 bits per heavy atom. The van der Waals surface area contributed by atoms with Crippen molar-refractivity contribution in [1.29, 1.82) is 0 Å². The fraction of sp³-hybridized carbons (Fsp3) is 0.200. The lowest BCUT2D eigenvalue weighted by molar-refractivity contribution is 1.26. The SMILES string of the molecule is Cc1cc2c(C)c3ccc(Br)[nH]c3cc2c1[Si](C)(C)C1=Cc2ccccc2C1. The predicted molar refractivity (Wildman–Crippen MR) is 128 cm³/mol. The average Bonchev–Trinajstić information content (AvgIpc) is 3.23. The van der Waals surface area contributed by atoms with Gasteiger partial charge in [-0.2, -0.15) is 0 Å². The Morgan fingerprint density at radius 1 is 0.929 bits per heavy atom. The van der Waals surface area contributed by atoms with Gasteiger partial charge in [-0.05, 0) is 87.0 Å². The number of benzene rings is 2. The van der Waals surface area contributed by atoms with Crippen LogP contribution >= 0.6 is 15.9 Å². The van der Waals surface area contributed by atoms with Gasteiger partial charge in [-0.3, -0.25) is 0 Å². The van der Waals surface area contributed by atoms with E-state index < -0.39 is 8.07 Å². The summed E-state index contributed by atoms with van der Waals surface area (Å²) in [5, 5.41) is 7.39. The number of hydrogen-bond acceptors (Lipinski definition) is 0. The fourth-order valence-corrected chi connectivity index (χ4v) is 8.81. The minimum atomic E-state index is -1.79. The highest BCUT2D eigenvalue weighted by molar-refractivity contribution is 9.10. The smallest absolute Gasteiger partial charge is 0.109 e. The average molecular weight is 446 g/mol. The minimum Gasteiger partial charge on any atom is -0.349 e. The molecule has 1 N–H and O–H groups in total. The van der Waals surface area contributed by atoms with E-state index in [0.29, 0.717) is 0 Å². The first-order valence-corrected chi connectivity index (χ1v) is 13.7. The molecule has 1 heterocycles. The maximum absolute atomic E-state index is 3.60.